The summed E-state index contributed by atoms with van der Waals surface area (Å²) in [6.45, 7) is 4.11. The van der Waals surface area contributed by atoms with E-state index < -0.39 is 12.0 Å². The smallest absolute Gasteiger partial charge is 0.340 e. The first-order valence-corrected chi connectivity index (χ1v) is 8.42. The number of rotatable bonds is 7. The van der Waals surface area contributed by atoms with Gasteiger partial charge in [0.05, 0.1) is 17.9 Å². The van der Waals surface area contributed by atoms with Gasteiger partial charge >= 0.3 is 12.0 Å². The normalized spacial score (nSPS) is 10.1. The van der Waals surface area contributed by atoms with E-state index in [1.165, 1.54) is 0 Å². The molecule has 0 aliphatic heterocycles. The number of carbonyl (C=O) groups is 3. The van der Waals surface area contributed by atoms with Gasteiger partial charge in [-0.2, -0.15) is 0 Å². The molecule has 0 aromatic heterocycles. The third-order valence-electron chi connectivity index (χ3n) is 3.68. The highest BCUT2D eigenvalue weighted by Gasteiger charge is 2.14. The summed E-state index contributed by atoms with van der Waals surface area (Å²) in [6.07, 6.45) is 0.190. The van der Waals surface area contributed by atoms with Crippen LogP contribution in [0.15, 0.2) is 48.5 Å². The first-order chi connectivity index (χ1) is 12.5. The van der Waals surface area contributed by atoms with Gasteiger partial charge in [0.25, 0.3) is 0 Å². The molecule has 2 N–H and O–H groups in total. The van der Waals surface area contributed by atoms with Crippen LogP contribution in [0.3, 0.4) is 0 Å². The van der Waals surface area contributed by atoms with Gasteiger partial charge in [-0.15, -0.1) is 0 Å². The zero-order valence-electron chi connectivity index (χ0n) is 14.9. The lowest BCUT2D eigenvalue weighted by atomic mass is 10.1. The number of ketones is 1. The van der Waals surface area contributed by atoms with Crippen molar-refractivity contribution in [1.29, 1.82) is 0 Å². The summed E-state index contributed by atoms with van der Waals surface area (Å²) in [5.41, 5.74) is 2.33. The fourth-order valence-corrected chi connectivity index (χ4v) is 2.32. The van der Waals surface area contributed by atoms with E-state index in [0.29, 0.717) is 11.3 Å². The molecule has 2 aromatic carbocycles. The SMILES string of the molecule is CCOC(=O)c1ccccc1NC(=O)NCCC(=O)c1ccc(C)cc1. The van der Waals surface area contributed by atoms with Crippen LogP contribution >= 0.6 is 0 Å². The predicted molar refractivity (Wildman–Crippen MR) is 99.5 cm³/mol. The van der Waals surface area contributed by atoms with E-state index in [9.17, 15) is 14.4 Å². The number of hydrogen-bond acceptors (Lipinski definition) is 4. The van der Waals surface area contributed by atoms with Crippen LogP contribution in [0.5, 0.6) is 0 Å². The number of hydrogen-bond donors (Lipinski definition) is 2. The van der Waals surface area contributed by atoms with Crippen LogP contribution in [-0.4, -0.2) is 30.9 Å². The Labute approximate surface area is 152 Å². The molecule has 2 amide bonds. The molecule has 0 atom stereocenters. The van der Waals surface area contributed by atoms with E-state index >= 15 is 0 Å². The van der Waals surface area contributed by atoms with Crippen molar-refractivity contribution in [3.05, 3.63) is 65.2 Å². The van der Waals surface area contributed by atoms with Crippen molar-refractivity contribution in [2.45, 2.75) is 20.3 Å². The number of nitrogens with one attached hydrogen (secondary N) is 2. The van der Waals surface area contributed by atoms with Crippen molar-refractivity contribution in [2.24, 2.45) is 0 Å². The van der Waals surface area contributed by atoms with Crippen LogP contribution in [0.25, 0.3) is 0 Å². The van der Waals surface area contributed by atoms with Crippen LogP contribution in [-0.2, 0) is 4.74 Å². The van der Waals surface area contributed by atoms with Gasteiger partial charge in [0.2, 0.25) is 0 Å². The van der Waals surface area contributed by atoms with Crippen molar-refractivity contribution in [3.63, 3.8) is 0 Å². The van der Waals surface area contributed by atoms with E-state index in [0.717, 1.165) is 5.56 Å². The second-order valence-corrected chi connectivity index (χ2v) is 5.69. The highest BCUT2D eigenvalue weighted by molar-refractivity contribution is 6.01. The molecule has 2 rings (SSSR count). The monoisotopic (exact) mass is 354 g/mol. The Hall–Kier alpha value is -3.15. The molecule has 0 spiro atoms. The average molecular weight is 354 g/mol. The van der Waals surface area contributed by atoms with Gasteiger partial charge < -0.3 is 15.4 Å². The van der Waals surface area contributed by atoms with Gasteiger partial charge in [0.1, 0.15) is 0 Å². The number of benzene rings is 2. The highest BCUT2D eigenvalue weighted by atomic mass is 16.5. The standard InChI is InChI=1S/C20H22N2O4/c1-3-26-19(24)16-6-4-5-7-17(16)22-20(25)21-13-12-18(23)15-10-8-14(2)9-11-15/h4-11H,3,12-13H2,1-2H3,(H2,21,22,25). The Morgan fingerprint density at radius 3 is 2.38 bits per heavy atom. The summed E-state index contributed by atoms with van der Waals surface area (Å²) in [4.78, 5) is 36.0. The van der Waals surface area contributed by atoms with Gasteiger partial charge in [0, 0.05) is 18.5 Å². The second-order valence-electron chi connectivity index (χ2n) is 5.69. The maximum Gasteiger partial charge on any atom is 0.340 e. The molecule has 0 saturated heterocycles. The first kappa shape index (κ1) is 19.2. The van der Waals surface area contributed by atoms with Crippen LogP contribution in [0, 0.1) is 6.92 Å². The molecule has 0 unspecified atom stereocenters. The van der Waals surface area contributed by atoms with E-state index in [2.05, 4.69) is 10.6 Å². The van der Waals surface area contributed by atoms with Crippen molar-refractivity contribution in [1.82, 2.24) is 5.32 Å². The van der Waals surface area contributed by atoms with E-state index in [1.807, 2.05) is 19.1 Å². The highest BCUT2D eigenvalue weighted by Crippen LogP contribution is 2.16. The number of Topliss-reactive ketones (excluding diaryl/α,β-unsaturated/α-hetero) is 1. The molecule has 6 heteroatoms. The topological polar surface area (TPSA) is 84.5 Å². The predicted octanol–water partition coefficient (Wildman–Crippen LogP) is 3.57. The zero-order chi connectivity index (χ0) is 18.9. The Bertz CT molecular complexity index is 785. The lowest BCUT2D eigenvalue weighted by Gasteiger charge is -2.11. The third kappa shape index (κ3) is 5.44. The summed E-state index contributed by atoms with van der Waals surface area (Å²) in [6, 6.07) is 13.4. The molecular formula is C20H22N2O4. The van der Waals surface area contributed by atoms with Gasteiger partial charge in [-0.1, -0.05) is 42.0 Å². The summed E-state index contributed by atoms with van der Waals surface area (Å²) < 4.78 is 4.96. The molecule has 0 fully saturated rings. The minimum absolute atomic E-state index is 0.0442. The molecule has 0 bridgehead atoms. The Balaban J connectivity index is 1.87. The first-order valence-electron chi connectivity index (χ1n) is 8.42. The molecular weight excluding hydrogens is 332 g/mol. The Kier molecular flexibility index (Phi) is 6.91. The van der Waals surface area contributed by atoms with E-state index in [1.54, 1.807) is 43.3 Å². The second kappa shape index (κ2) is 9.36. The fraction of sp³-hybridized carbons (Fsp3) is 0.250. The lowest BCUT2D eigenvalue weighted by molar-refractivity contribution is 0.0527. The summed E-state index contributed by atoms with van der Waals surface area (Å²) in [5.74, 6) is -0.546. The minimum atomic E-state index is -0.502. The largest absolute Gasteiger partial charge is 0.462 e. The average Bonchev–Trinajstić information content (AvgIpc) is 2.62. The Morgan fingerprint density at radius 2 is 1.69 bits per heavy atom. The van der Waals surface area contributed by atoms with Crippen molar-refractivity contribution in [3.8, 4) is 0 Å². The molecule has 0 saturated carbocycles. The molecule has 6 nitrogen and oxygen atoms in total. The number of amides is 2. The van der Waals surface area contributed by atoms with Gasteiger partial charge in [-0.05, 0) is 26.0 Å². The number of urea groups is 1. The number of anilines is 1. The van der Waals surface area contributed by atoms with Crippen LogP contribution < -0.4 is 10.6 Å². The molecule has 136 valence electrons. The maximum atomic E-state index is 12.1. The third-order valence-corrected chi connectivity index (χ3v) is 3.68. The minimum Gasteiger partial charge on any atom is -0.462 e. The molecule has 0 heterocycles. The number of para-hydroxylation sites is 1. The van der Waals surface area contributed by atoms with E-state index in [-0.39, 0.29) is 30.9 Å². The number of aryl methyl sites for hydroxylation is 1. The maximum absolute atomic E-state index is 12.1. The van der Waals surface area contributed by atoms with Gasteiger partial charge in [-0.25, -0.2) is 9.59 Å². The van der Waals surface area contributed by atoms with E-state index in [4.69, 9.17) is 4.74 Å². The molecule has 0 aliphatic rings. The fourth-order valence-electron chi connectivity index (χ4n) is 2.32. The zero-order valence-corrected chi connectivity index (χ0v) is 14.9. The lowest BCUT2D eigenvalue weighted by Crippen LogP contribution is -2.31. The van der Waals surface area contributed by atoms with Crippen molar-refractivity contribution >= 4 is 23.5 Å². The van der Waals surface area contributed by atoms with Crippen molar-refractivity contribution in [2.75, 3.05) is 18.5 Å². The summed E-state index contributed by atoms with van der Waals surface area (Å²) in [5, 5.41) is 5.23. The molecule has 26 heavy (non-hydrogen) atoms. The van der Waals surface area contributed by atoms with Crippen LogP contribution in [0.4, 0.5) is 10.5 Å². The summed E-state index contributed by atoms with van der Waals surface area (Å²) >= 11 is 0. The van der Waals surface area contributed by atoms with Gasteiger partial charge in [-0.3, -0.25) is 4.79 Å². The quantitative estimate of drug-likeness (QED) is 0.588. The molecule has 0 radical (unpaired) electrons. The molecule has 2 aromatic rings. The number of ether oxygens (including phenoxy) is 1. The van der Waals surface area contributed by atoms with Crippen molar-refractivity contribution < 1.29 is 19.1 Å². The van der Waals surface area contributed by atoms with Crippen LogP contribution in [0.1, 0.15) is 39.6 Å². The van der Waals surface area contributed by atoms with Gasteiger partial charge in [0.15, 0.2) is 5.78 Å². The molecule has 0 aliphatic carbocycles. The summed E-state index contributed by atoms with van der Waals surface area (Å²) in [7, 11) is 0. The number of carbonyl (C=O) groups excluding carboxylic acids is 3. The van der Waals surface area contributed by atoms with Crippen LogP contribution in [0.2, 0.25) is 0 Å². The number of esters is 1. The Morgan fingerprint density at radius 1 is 1.00 bits per heavy atom.